The van der Waals surface area contributed by atoms with E-state index >= 15 is 0 Å². The molecule has 0 saturated carbocycles. The molecular formula is C6H6F3IN2. The first-order chi connectivity index (χ1) is 5.47. The van der Waals surface area contributed by atoms with E-state index in [9.17, 15) is 13.2 Å². The van der Waals surface area contributed by atoms with Gasteiger partial charge in [0.15, 0.2) is 0 Å². The second-order valence-electron chi connectivity index (χ2n) is 2.27. The number of aromatic nitrogens is 2. The van der Waals surface area contributed by atoms with Gasteiger partial charge in [0.2, 0.25) is 0 Å². The lowest BCUT2D eigenvalue weighted by Gasteiger charge is -2.05. The van der Waals surface area contributed by atoms with E-state index in [2.05, 4.69) is 5.10 Å². The molecule has 0 saturated heterocycles. The fraction of sp³-hybridized carbons (Fsp3) is 0.500. The highest BCUT2D eigenvalue weighted by molar-refractivity contribution is 14.1. The lowest BCUT2D eigenvalue weighted by atomic mass is 10.4. The van der Waals surface area contributed by atoms with Crippen LogP contribution in [-0.4, -0.2) is 16.0 Å². The number of nitrogens with zero attached hydrogens (tertiary/aromatic N) is 2. The summed E-state index contributed by atoms with van der Waals surface area (Å²) in [5, 5.41) is 3.82. The molecule has 0 aliphatic rings. The van der Waals surface area contributed by atoms with E-state index in [4.69, 9.17) is 0 Å². The van der Waals surface area contributed by atoms with E-state index in [1.807, 2.05) is 22.6 Å². The van der Waals surface area contributed by atoms with Gasteiger partial charge in [-0.2, -0.15) is 18.3 Å². The van der Waals surface area contributed by atoms with Gasteiger partial charge in [0.25, 0.3) is 0 Å². The van der Waals surface area contributed by atoms with Gasteiger partial charge >= 0.3 is 6.18 Å². The lowest BCUT2D eigenvalue weighted by Crippen LogP contribution is -2.12. The Bertz CT molecular complexity index is 256. The number of aryl methyl sites for hydroxylation is 1. The molecule has 0 bridgehead atoms. The Labute approximate surface area is 80.9 Å². The van der Waals surface area contributed by atoms with Gasteiger partial charge in [-0.1, -0.05) is 0 Å². The SMILES string of the molecule is FC(F)(F)CCn1ccc(I)n1. The molecule has 2 nitrogen and oxygen atoms in total. The Morgan fingerprint density at radius 1 is 1.50 bits per heavy atom. The zero-order valence-corrected chi connectivity index (χ0v) is 8.13. The van der Waals surface area contributed by atoms with Crippen LogP contribution < -0.4 is 0 Å². The minimum Gasteiger partial charge on any atom is -0.271 e. The van der Waals surface area contributed by atoms with E-state index in [1.165, 1.54) is 10.9 Å². The molecule has 1 aromatic heterocycles. The summed E-state index contributed by atoms with van der Waals surface area (Å²) in [5.41, 5.74) is 0. The number of rotatable bonds is 2. The zero-order valence-electron chi connectivity index (χ0n) is 5.98. The first-order valence-electron chi connectivity index (χ1n) is 3.23. The summed E-state index contributed by atoms with van der Waals surface area (Å²) >= 11 is 1.95. The standard InChI is InChI=1S/C6H6F3IN2/c7-6(8,9)2-4-12-3-1-5(10)11-12/h1,3H,2,4H2. The average Bonchev–Trinajstić information content (AvgIpc) is 2.30. The van der Waals surface area contributed by atoms with Crippen LogP contribution in [0.2, 0.25) is 0 Å². The molecule has 1 heterocycles. The molecule has 0 aliphatic heterocycles. The molecule has 6 heteroatoms. The normalized spacial score (nSPS) is 12.0. The number of hydrogen-bond donors (Lipinski definition) is 0. The molecule has 0 atom stereocenters. The van der Waals surface area contributed by atoms with Crippen LogP contribution in [0.5, 0.6) is 0 Å². The average molecular weight is 290 g/mol. The highest BCUT2D eigenvalue weighted by Crippen LogP contribution is 2.19. The highest BCUT2D eigenvalue weighted by Gasteiger charge is 2.26. The van der Waals surface area contributed by atoms with Crippen molar-refractivity contribution in [2.75, 3.05) is 0 Å². The Balaban J connectivity index is 2.44. The van der Waals surface area contributed by atoms with E-state index in [0.29, 0.717) is 3.70 Å². The van der Waals surface area contributed by atoms with Crippen molar-refractivity contribution in [3.8, 4) is 0 Å². The maximum absolute atomic E-state index is 11.7. The predicted octanol–water partition coefficient (Wildman–Crippen LogP) is 2.44. The molecule has 1 rings (SSSR count). The second kappa shape index (κ2) is 3.63. The van der Waals surface area contributed by atoms with Gasteiger partial charge in [-0.3, -0.25) is 4.68 Å². The van der Waals surface area contributed by atoms with Gasteiger partial charge in [0.05, 0.1) is 6.42 Å². The Morgan fingerprint density at radius 3 is 2.58 bits per heavy atom. The summed E-state index contributed by atoms with van der Waals surface area (Å²) in [6, 6.07) is 1.66. The van der Waals surface area contributed by atoms with Gasteiger partial charge in [-0.05, 0) is 28.7 Å². The van der Waals surface area contributed by atoms with Crippen LogP contribution >= 0.6 is 22.6 Å². The van der Waals surface area contributed by atoms with Crippen LogP contribution in [0.15, 0.2) is 12.3 Å². The topological polar surface area (TPSA) is 17.8 Å². The Morgan fingerprint density at radius 2 is 2.17 bits per heavy atom. The van der Waals surface area contributed by atoms with E-state index in [-0.39, 0.29) is 6.54 Å². The minimum absolute atomic E-state index is 0.105. The van der Waals surface area contributed by atoms with Crippen LogP contribution in [0.3, 0.4) is 0 Å². The first kappa shape index (κ1) is 9.82. The second-order valence-corrected chi connectivity index (χ2v) is 3.37. The van der Waals surface area contributed by atoms with Crippen molar-refractivity contribution in [3.63, 3.8) is 0 Å². The monoisotopic (exact) mass is 290 g/mol. The van der Waals surface area contributed by atoms with Gasteiger partial charge in [-0.25, -0.2) is 0 Å². The van der Waals surface area contributed by atoms with Gasteiger partial charge in [0.1, 0.15) is 3.70 Å². The molecule has 12 heavy (non-hydrogen) atoms. The molecule has 0 aromatic carbocycles. The summed E-state index contributed by atoms with van der Waals surface area (Å²) in [6.07, 6.45) is -3.39. The largest absolute Gasteiger partial charge is 0.390 e. The van der Waals surface area contributed by atoms with Crippen molar-refractivity contribution >= 4 is 22.6 Å². The third-order valence-electron chi connectivity index (χ3n) is 1.23. The molecule has 0 aliphatic carbocycles. The van der Waals surface area contributed by atoms with Crippen molar-refractivity contribution < 1.29 is 13.2 Å². The zero-order chi connectivity index (χ0) is 9.19. The summed E-state index contributed by atoms with van der Waals surface area (Å²) < 4.78 is 37.1. The number of alkyl halides is 3. The summed E-state index contributed by atoms with van der Waals surface area (Å²) in [5.74, 6) is 0. The molecule has 0 radical (unpaired) electrons. The first-order valence-corrected chi connectivity index (χ1v) is 4.31. The van der Waals surface area contributed by atoms with Crippen molar-refractivity contribution in [1.29, 1.82) is 0 Å². The Kier molecular flexibility index (Phi) is 2.97. The number of hydrogen-bond acceptors (Lipinski definition) is 1. The van der Waals surface area contributed by atoms with Crippen LogP contribution in [-0.2, 0) is 6.54 Å². The van der Waals surface area contributed by atoms with Crippen molar-refractivity contribution in [2.45, 2.75) is 19.1 Å². The fourth-order valence-corrected chi connectivity index (χ4v) is 1.14. The smallest absolute Gasteiger partial charge is 0.271 e. The fourth-order valence-electron chi connectivity index (χ4n) is 0.703. The van der Waals surface area contributed by atoms with Crippen LogP contribution in [0.1, 0.15) is 6.42 Å². The third-order valence-corrected chi connectivity index (χ3v) is 1.81. The molecule has 0 fully saturated rings. The van der Waals surface area contributed by atoms with E-state index in [0.717, 1.165) is 0 Å². The minimum atomic E-state index is -4.10. The van der Waals surface area contributed by atoms with Crippen molar-refractivity contribution in [2.24, 2.45) is 0 Å². The van der Waals surface area contributed by atoms with Crippen LogP contribution in [0, 0.1) is 3.70 Å². The summed E-state index contributed by atoms with van der Waals surface area (Å²) in [4.78, 5) is 0. The molecular weight excluding hydrogens is 284 g/mol. The maximum Gasteiger partial charge on any atom is 0.390 e. The predicted molar refractivity (Wildman–Crippen MR) is 45.6 cm³/mol. The van der Waals surface area contributed by atoms with Gasteiger partial charge < -0.3 is 0 Å². The molecule has 1 aromatic rings. The van der Waals surface area contributed by atoms with Gasteiger partial charge in [-0.15, -0.1) is 0 Å². The lowest BCUT2D eigenvalue weighted by molar-refractivity contribution is -0.137. The molecule has 0 amide bonds. The van der Waals surface area contributed by atoms with E-state index < -0.39 is 12.6 Å². The maximum atomic E-state index is 11.7. The summed E-state index contributed by atoms with van der Waals surface area (Å²) in [6.45, 7) is -0.105. The number of halogens is 4. The third kappa shape index (κ3) is 3.42. The molecule has 0 N–H and O–H groups in total. The highest BCUT2D eigenvalue weighted by atomic mass is 127. The van der Waals surface area contributed by atoms with Crippen LogP contribution in [0.4, 0.5) is 13.2 Å². The van der Waals surface area contributed by atoms with Gasteiger partial charge in [0, 0.05) is 12.7 Å². The quantitative estimate of drug-likeness (QED) is 0.765. The van der Waals surface area contributed by atoms with Crippen LogP contribution in [0.25, 0.3) is 0 Å². The van der Waals surface area contributed by atoms with E-state index in [1.54, 1.807) is 6.07 Å². The van der Waals surface area contributed by atoms with Crippen molar-refractivity contribution in [1.82, 2.24) is 9.78 Å². The summed E-state index contributed by atoms with van der Waals surface area (Å²) in [7, 11) is 0. The molecule has 68 valence electrons. The molecule has 0 unspecified atom stereocenters. The molecule has 0 spiro atoms. The Hall–Kier alpha value is -0.270. The van der Waals surface area contributed by atoms with Crippen molar-refractivity contribution in [3.05, 3.63) is 16.0 Å².